The first-order chi connectivity index (χ1) is 12.7. The summed E-state index contributed by atoms with van der Waals surface area (Å²) in [5.74, 6) is 0.658. The number of ketones is 1. The van der Waals surface area contributed by atoms with Crippen molar-refractivity contribution in [2.24, 2.45) is 11.3 Å². The number of fused-ring (bicyclic) bond motifs is 1. The van der Waals surface area contributed by atoms with Gasteiger partial charge in [-0.25, -0.2) is 0 Å². The molecule has 0 saturated carbocycles. The third-order valence-corrected chi connectivity index (χ3v) is 5.76. The van der Waals surface area contributed by atoms with Crippen LogP contribution in [0.1, 0.15) is 74.3 Å². The first-order valence-corrected chi connectivity index (χ1v) is 10.3. The number of carbonyl (C=O) groups excluding carboxylic acids is 2. The molecule has 0 bridgehead atoms. The highest BCUT2D eigenvalue weighted by atomic mass is 16.5. The molecule has 150 valence electrons. The molecule has 2 heterocycles. The number of Topliss-reactive ketones (excluding diaryl/α,β-unsaturated/α-hetero) is 1. The minimum atomic E-state index is -0.0249. The van der Waals surface area contributed by atoms with Crippen LogP contribution in [0.15, 0.2) is 0 Å². The van der Waals surface area contributed by atoms with Gasteiger partial charge in [-0.1, -0.05) is 27.7 Å². The van der Waals surface area contributed by atoms with Gasteiger partial charge in [-0.05, 0) is 43.1 Å². The monoisotopic (exact) mass is 374 g/mol. The van der Waals surface area contributed by atoms with Crippen molar-refractivity contribution < 1.29 is 14.3 Å². The first-order valence-electron chi connectivity index (χ1n) is 10.3. The molecule has 1 aliphatic heterocycles. The van der Waals surface area contributed by atoms with Gasteiger partial charge in [-0.3, -0.25) is 9.59 Å². The van der Waals surface area contributed by atoms with Gasteiger partial charge >= 0.3 is 0 Å². The molecule has 27 heavy (non-hydrogen) atoms. The quantitative estimate of drug-likeness (QED) is 0.830. The summed E-state index contributed by atoms with van der Waals surface area (Å²) >= 11 is 0. The van der Waals surface area contributed by atoms with Crippen LogP contribution in [0.2, 0.25) is 0 Å². The molecule has 1 N–H and O–H groups in total. The number of hydrogen-bond acceptors (Lipinski definition) is 3. The molecule has 1 atom stereocenters. The van der Waals surface area contributed by atoms with Crippen molar-refractivity contribution in [3.63, 3.8) is 0 Å². The van der Waals surface area contributed by atoms with Gasteiger partial charge < -0.3 is 14.6 Å². The Morgan fingerprint density at radius 2 is 2.07 bits per heavy atom. The van der Waals surface area contributed by atoms with E-state index in [1.165, 1.54) is 0 Å². The Kier molecular flexibility index (Phi) is 5.80. The average Bonchev–Trinajstić information content (AvgIpc) is 3.14. The predicted molar refractivity (Wildman–Crippen MR) is 106 cm³/mol. The van der Waals surface area contributed by atoms with Crippen molar-refractivity contribution in [3.05, 3.63) is 22.5 Å². The standard InChI is InChI=1S/C22H34N2O3/c1-14(2)13-24-15(3)17(9-20(26)23-12-16-7-6-8-27-16)21-18(24)10-22(4,5)11-19(21)25/h14,16H,6-13H2,1-5H3,(H,23,26). The smallest absolute Gasteiger partial charge is 0.224 e. The minimum absolute atomic E-state index is 0.0178. The summed E-state index contributed by atoms with van der Waals surface area (Å²) in [6, 6.07) is 0. The molecule has 1 fully saturated rings. The second-order valence-corrected chi connectivity index (χ2v) is 9.45. The number of amides is 1. The van der Waals surface area contributed by atoms with E-state index in [4.69, 9.17) is 4.74 Å². The first kappa shape index (κ1) is 20.1. The number of rotatable bonds is 6. The Morgan fingerprint density at radius 3 is 2.70 bits per heavy atom. The molecule has 0 aromatic carbocycles. The lowest BCUT2D eigenvalue weighted by Crippen LogP contribution is -2.33. The summed E-state index contributed by atoms with van der Waals surface area (Å²) in [5.41, 5.74) is 3.93. The van der Waals surface area contributed by atoms with E-state index in [-0.39, 0.29) is 29.6 Å². The molecular weight excluding hydrogens is 340 g/mol. The zero-order valence-electron chi connectivity index (χ0n) is 17.5. The predicted octanol–water partition coefficient (Wildman–Crippen LogP) is 3.45. The van der Waals surface area contributed by atoms with E-state index in [1.807, 2.05) is 0 Å². The molecule has 0 spiro atoms. The van der Waals surface area contributed by atoms with Crippen molar-refractivity contribution in [3.8, 4) is 0 Å². The van der Waals surface area contributed by atoms with E-state index in [0.29, 0.717) is 18.9 Å². The third kappa shape index (κ3) is 4.45. The largest absolute Gasteiger partial charge is 0.376 e. The highest BCUT2D eigenvalue weighted by Crippen LogP contribution is 2.39. The Morgan fingerprint density at radius 1 is 1.33 bits per heavy atom. The van der Waals surface area contributed by atoms with Crippen molar-refractivity contribution in [2.75, 3.05) is 13.2 Å². The SMILES string of the molecule is Cc1c(CC(=O)NCC2CCCO2)c2c(n1CC(C)C)CC(C)(C)CC2=O. The zero-order valence-corrected chi connectivity index (χ0v) is 17.5. The van der Waals surface area contributed by atoms with Crippen molar-refractivity contribution in [2.45, 2.75) is 79.4 Å². The molecule has 1 aromatic heterocycles. The van der Waals surface area contributed by atoms with Crippen LogP contribution in [-0.2, 0) is 28.9 Å². The normalized spacial score (nSPS) is 21.6. The molecule has 1 aromatic rings. The van der Waals surface area contributed by atoms with Gasteiger partial charge in [0.2, 0.25) is 5.91 Å². The lowest BCUT2D eigenvalue weighted by molar-refractivity contribution is -0.120. The lowest BCUT2D eigenvalue weighted by atomic mass is 9.75. The Balaban J connectivity index is 1.85. The van der Waals surface area contributed by atoms with Crippen LogP contribution in [0.4, 0.5) is 0 Å². The molecule has 2 aliphatic rings. The Bertz CT molecular complexity index is 724. The van der Waals surface area contributed by atoms with Crippen molar-refractivity contribution in [1.82, 2.24) is 9.88 Å². The molecule has 1 amide bonds. The van der Waals surface area contributed by atoms with Gasteiger partial charge in [0.25, 0.3) is 0 Å². The van der Waals surface area contributed by atoms with Gasteiger partial charge in [-0.15, -0.1) is 0 Å². The Labute approximate surface area is 162 Å². The number of aromatic nitrogens is 1. The van der Waals surface area contributed by atoms with Crippen LogP contribution in [-0.4, -0.2) is 35.5 Å². The number of nitrogens with one attached hydrogen (secondary N) is 1. The van der Waals surface area contributed by atoms with Crippen LogP contribution >= 0.6 is 0 Å². The zero-order chi connectivity index (χ0) is 19.8. The van der Waals surface area contributed by atoms with Gasteiger partial charge in [0.1, 0.15) is 0 Å². The maximum absolute atomic E-state index is 13.0. The summed E-state index contributed by atoms with van der Waals surface area (Å²) in [4.78, 5) is 25.5. The van der Waals surface area contributed by atoms with Crippen LogP contribution in [0, 0.1) is 18.3 Å². The molecule has 1 aliphatic carbocycles. The van der Waals surface area contributed by atoms with E-state index in [0.717, 1.165) is 54.9 Å². The van der Waals surface area contributed by atoms with E-state index in [1.54, 1.807) is 0 Å². The maximum atomic E-state index is 13.0. The highest BCUT2D eigenvalue weighted by Gasteiger charge is 2.37. The van der Waals surface area contributed by atoms with Crippen LogP contribution in [0.5, 0.6) is 0 Å². The molecular formula is C22H34N2O3. The molecule has 1 unspecified atom stereocenters. The summed E-state index contributed by atoms with van der Waals surface area (Å²) in [6.07, 6.45) is 3.92. The van der Waals surface area contributed by atoms with E-state index in [2.05, 4.69) is 44.5 Å². The Hall–Kier alpha value is -1.62. The van der Waals surface area contributed by atoms with E-state index >= 15 is 0 Å². The molecule has 0 radical (unpaired) electrons. The van der Waals surface area contributed by atoms with E-state index in [9.17, 15) is 9.59 Å². The summed E-state index contributed by atoms with van der Waals surface area (Å²) in [6.45, 7) is 13.0. The second kappa shape index (κ2) is 7.78. The van der Waals surface area contributed by atoms with Crippen LogP contribution in [0.3, 0.4) is 0 Å². The fourth-order valence-electron chi connectivity index (χ4n) is 4.49. The van der Waals surface area contributed by atoms with Crippen molar-refractivity contribution >= 4 is 11.7 Å². The lowest BCUT2D eigenvalue weighted by Gasteiger charge is -2.30. The van der Waals surface area contributed by atoms with Crippen LogP contribution < -0.4 is 5.32 Å². The second-order valence-electron chi connectivity index (χ2n) is 9.45. The fraction of sp³-hybridized carbons (Fsp3) is 0.727. The van der Waals surface area contributed by atoms with Gasteiger partial charge in [0.05, 0.1) is 12.5 Å². The van der Waals surface area contributed by atoms with Gasteiger partial charge in [-0.2, -0.15) is 0 Å². The molecule has 5 heteroatoms. The van der Waals surface area contributed by atoms with Crippen LogP contribution in [0.25, 0.3) is 0 Å². The topological polar surface area (TPSA) is 60.3 Å². The molecule has 1 saturated heterocycles. The summed E-state index contributed by atoms with van der Waals surface area (Å²) in [5, 5.41) is 3.00. The number of carbonyl (C=O) groups is 2. The van der Waals surface area contributed by atoms with Gasteiger partial charge in [0.15, 0.2) is 5.78 Å². The average molecular weight is 375 g/mol. The number of ether oxygens (including phenoxy) is 1. The highest BCUT2D eigenvalue weighted by molar-refractivity contribution is 6.01. The molecule has 3 rings (SSSR count). The minimum Gasteiger partial charge on any atom is -0.376 e. The van der Waals surface area contributed by atoms with E-state index < -0.39 is 0 Å². The maximum Gasteiger partial charge on any atom is 0.224 e. The van der Waals surface area contributed by atoms with Crippen molar-refractivity contribution in [1.29, 1.82) is 0 Å². The summed E-state index contributed by atoms with van der Waals surface area (Å²) < 4.78 is 7.88. The third-order valence-electron chi connectivity index (χ3n) is 5.76. The molecule has 5 nitrogen and oxygen atoms in total. The fourth-order valence-corrected chi connectivity index (χ4v) is 4.49. The van der Waals surface area contributed by atoms with Gasteiger partial charge in [0, 0.05) is 43.1 Å². The number of hydrogen-bond donors (Lipinski definition) is 1. The summed E-state index contributed by atoms with van der Waals surface area (Å²) in [7, 11) is 0. The number of nitrogens with zero attached hydrogens (tertiary/aromatic N) is 1.